The van der Waals surface area contributed by atoms with E-state index in [1.807, 2.05) is 6.92 Å². The zero-order chi connectivity index (χ0) is 20.9. The lowest BCUT2D eigenvalue weighted by atomic mass is 10.1. The Bertz CT molecular complexity index is 810. The molecule has 0 saturated carbocycles. The van der Waals surface area contributed by atoms with E-state index >= 15 is 0 Å². The van der Waals surface area contributed by atoms with Crippen molar-refractivity contribution >= 4 is 40.0 Å². The third-order valence-corrected chi connectivity index (χ3v) is 6.06. The topological polar surface area (TPSA) is 73.8 Å². The molecule has 0 atom stereocenters. The lowest BCUT2D eigenvalue weighted by molar-refractivity contribution is -0.0494. The van der Waals surface area contributed by atoms with Crippen LogP contribution < -0.4 is 10.6 Å². The highest BCUT2D eigenvalue weighted by Crippen LogP contribution is 2.28. The fourth-order valence-electron chi connectivity index (χ4n) is 2.81. The Hall–Kier alpha value is -1.15. The number of sulfonamides is 1. The van der Waals surface area contributed by atoms with Crippen LogP contribution in [0.2, 0.25) is 0 Å². The largest absolute Gasteiger partial charge is 0.511 e. The maximum Gasteiger partial charge on any atom is 0.511 e. The van der Waals surface area contributed by atoms with Crippen LogP contribution in [0.25, 0.3) is 0 Å². The summed E-state index contributed by atoms with van der Waals surface area (Å²) in [6.45, 7) is 3.88. The molecule has 6 nitrogen and oxygen atoms in total. The first-order chi connectivity index (χ1) is 13.0. The monoisotopic (exact) mass is 552 g/mol. The number of rotatable bonds is 5. The number of hydrogen-bond acceptors (Lipinski definition) is 3. The maximum absolute atomic E-state index is 13.6. The van der Waals surface area contributed by atoms with Crippen molar-refractivity contribution in [2.75, 3.05) is 19.6 Å². The van der Waals surface area contributed by atoms with E-state index in [1.165, 1.54) is 6.07 Å². The van der Waals surface area contributed by atoms with E-state index in [0.29, 0.717) is 27.9 Å². The first-order valence-corrected chi connectivity index (χ1v) is 10.3. The fraction of sp³-hybridized carbons (Fsp3) is 0.588. The molecule has 0 spiro atoms. The van der Waals surface area contributed by atoms with Crippen molar-refractivity contribution in [2.45, 2.75) is 44.8 Å². The highest BCUT2D eigenvalue weighted by Gasteiger charge is 2.50. The van der Waals surface area contributed by atoms with Crippen LogP contribution in [0.15, 0.2) is 23.2 Å². The van der Waals surface area contributed by atoms with Gasteiger partial charge in [-0.05, 0) is 43.9 Å². The number of halogens is 5. The van der Waals surface area contributed by atoms with Crippen molar-refractivity contribution < 1.29 is 26.0 Å². The number of hydrogen-bond donors (Lipinski definition) is 2. The Morgan fingerprint density at radius 3 is 2.41 bits per heavy atom. The molecule has 1 heterocycles. The summed E-state index contributed by atoms with van der Waals surface area (Å²) in [5.74, 6) is 0.129. The molecule has 0 radical (unpaired) electrons. The summed E-state index contributed by atoms with van der Waals surface area (Å²) in [5, 5.41) is 6.13. The Morgan fingerprint density at radius 2 is 1.90 bits per heavy atom. The molecule has 12 heteroatoms. The van der Waals surface area contributed by atoms with Crippen molar-refractivity contribution in [3.8, 4) is 0 Å². The van der Waals surface area contributed by atoms with Crippen molar-refractivity contribution in [1.82, 2.24) is 14.9 Å². The van der Waals surface area contributed by atoms with E-state index < -0.39 is 15.5 Å². The van der Waals surface area contributed by atoms with Gasteiger partial charge in [0.15, 0.2) is 5.96 Å². The Kier molecular flexibility index (Phi) is 9.60. The van der Waals surface area contributed by atoms with E-state index in [4.69, 9.17) is 0 Å². The average Bonchev–Trinajstić information content (AvgIpc) is 2.62. The highest BCUT2D eigenvalue weighted by molar-refractivity contribution is 14.0. The van der Waals surface area contributed by atoms with Gasteiger partial charge in [0.2, 0.25) is 0 Å². The molecule has 0 aromatic heterocycles. The summed E-state index contributed by atoms with van der Waals surface area (Å²) < 4.78 is 74.9. The molecule has 2 rings (SSSR count). The SMILES string of the molecule is CCNC(=NCc1ccc(C)c(F)c1)NC1CCN(S(=O)(=O)C(F)(F)F)CC1.I. The summed E-state index contributed by atoms with van der Waals surface area (Å²) in [6, 6.07) is 4.62. The average molecular weight is 552 g/mol. The van der Waals surface area contributed by atoms with Crippen molar-refractivity contribution in [1.29, 1.82) is 0 Å². The Balaban J connectivity index is 0.00000420. The molecule has 29 heavy (non-hydrogen) atoms. The molecule has 1 fully saturated rings. The first kappa shape index (κ1) is 25.9. The van der Waals surface area contributed by atoms with Gasteiger partial charge in [0, 0.05) is 25.7 Å². The molecule has 1 aliphatic heterocycles. The number of nitrogens with zero attached hydrogens (tertiary/aromatic N) is 2. The second-order valence-electron chi connectivity index (χ2n) is 6.55. The van der Waals surface area contributed by atoms with Gasteiger partial charge in [-0.2, -0.15) is 17.5 Å². The third kappa shape index (κ3) is 6.95. The van der Waals surface area contributed by atoms with Gasteiger partial charge in [-0.15, -0.1) is 24.0 Å². The van der Waals surface area contributed by atoms with Gasteiger partial charge in [-0.1, -0.05) is 12.1 Å². The van der Waals surface area contributed by atoms with Crippen LogP contribution in [0.1, 0.15) is 30.9 Å². The minimum Gasteiger partial charge on any atom is -0.357 e. The van der Waals surface area contributed by atoms with Gasteiger partial charge < -0.3 is 10.6 Å². The second kappa shape index (κ2) is 10.8. The Morgan fingerprint density at radius 1 is 1.28 bits per heavy atom. The van der Waals surface area contributed by atoms with Gasteiger partial charge >= 0.3 is 15.5 Å². The summed E-state index contributed by atoms with van der Waals surface area (Å²) >= 11 is 0. The van der Waals surface area contributed by atoms with E-state index in [9.17, 15) is 26.0 Å². The predicted molar refractivity (Wildman–Crippen MR) is 114 cm³/mol. The molecule has 0 amide bonds. The minimum absolute atomic E-state index is 0. The smallest absolute Gasteiger partial charge is 0.357 e. The lowest BCUT2D eigenvalue weighted by Gasteiger charge is -2.32. The third-order valence-electron chi connectivity index (χ3n) is 4.43. The van der Waals surface area contributed by atoms with Gasteiger partial charge in [0.25, 0.3) is 0 Å². The number of nitrogens with one attached hydrogen (secondary N) is 2. The van der Waals surface area contributed by atoms with Crippen LogP contribution in [0, 0.1) is 12.7 Å². The zero-order valence-electron chi connectivity index (χ0n) is 16.1. The van der Waals surface area contributed by atoms with E-state index in [2.05, 4.69) is 15.6 Å². The van der Waals surface area contributed by atoms with Crippen LogP contribution in [-0.2, 0) is 16.6 Å². The molecule has 1 aliphatic rings. The molecule has 1 saturated heterocycles. The predicted octanol–water partition coefficient (Wildman–Crippen LogP) is 3.12. The van der Waals surface area contributed by atoms with Gasteiger partial charge in [-0.25, -0.2) is 17.8 Å². The number of guanidine groups is 1. The van der Waals surface area contributed by atoms with Crippen LogP contribution in [0.5, 0.6) is 0 Å². The first-order valence-electron chi connectivity index (χ1n) is 8.91. The van der Waals surface area contributed by atoms with E-state index in [-0.39, 0.29) is 68.3 Å². The zero-order valence-corrected chi connectivity index (χ0v) is 19.2. The molecule has 2 N–H and O–H groups in total. The normalized spacial score (nSPS) is 17.0. The van der Waals surface area contributed by atoms with E-state index in [0.717, 1.165) is 0 Å². The van der Waals surface area contributed by atoms with Crippen molar-refractivity contribution in [3.63, 3.8) is 0 Å². The number of aryl methyl sites for hydroxylation is 1. The summed E-state index contributed by atoms with van der Waals surface area (Å²) in [4.78, 5) is 4.37. The number of piperidine rings is 1. The molecule has 0 aliphatic carbocycles. The maximum atomic E-state index is 13.6. The van der Waals surface area contributed by atoms with Gasteiger partial charge in [0.1, 0.15) is 5.82 Å². The van der Waals surface area contributed by atoms with Crippen molar-refractivity contribution in [2.24, 2.45) is 4.99 Å². The fourth-order valence-corrected chi connectivity index (χ4v) is 3.79. The van der Waals surface area contributed by atoms with Crippen LogP contribution >= 0.6 is 24.0 Å². The highest BCUT2D eigenvalue weighted by atomic mass is 127. The number of aliphatic imine (C=N–C) groups is 1. The quantitative estimate of drug-likeness (QED) is 0.255. The summed E-state index contributed by atoms with van der Waals surface area (Å²) in [5.41, 5.74) is -4.06. The summed E-state index contributed by atoms with van der Waals surface area (Å²) in [7, 11) is -5.29. The molecular weight excluding hydrogens is 527 g/mol. The molecule has 0 unspecified atom stereocenters. The number of alkyl halides is 3. The summed E-state index contributed by atoms with van der Waals surface area (Å²) in [6.07, 6.45) is 0.442. The number of benzene rings is 1. The van der Waals surface area contributed by atoms with E-state index in [1.54, 1.807) is 19.1 Å². The molecule has 1 aromatic rings. The Labute approximate surface area is 185 Å². The molecule has 1 aromatic carbocycles. The van der Waals surface area contributed by atoms with Crippen LogP contribution in [-0.4, -0.2) is 49.9 Å². The van der Waals surface area contributed by atoms with Gasteiger partial charge in [0.05, 0.1) is 6.54 Å². The second-order valence-corrected chi connectivity index (χ2v) is 8.48. The molecular formula is C17H25F4IN4O2S. The molecule has 166 valence electrons. The molecule has 0 bridgehead atoms. The lowest BCUT2D eigenvalue weighted by Crippen LogP contribution is -2.51. The minimum atomic E-state index is -5.29. The van der Waals surface area contributed by atoms with Gasteiger partial charge in [-0.3, -0.25) is 0 Å². The standard InChI is InChI=1S/C17H24F4N4O2S.HI/c1-3-22-16(23-11-13-5-4-12(2)15(18)10-13)24-14-6-8-25(9-7-14)28(26,27)17(19,20)21;/h4-5,10,14H,3,6-9,11H2,1-2H3,(H2,22,23,24);1H. The van der Waals surface area contributed by atoms with Crippen LogP contribution in [0.4, 0.5) is 17.6 Å². The van der Waals surface area contributed by atoms with Crippen molar-refractivity contribution in [3.05, 3.63) is 35.1 Å². The van der Waals surface area contributed by atoms with Crippen LogP contribution in [0.3, 0.4) is 0 Å².